The van der Waals surface area contributed by atoms with Gasteiger partial charge in [0, 0.05) is 11.4 Å². The highest BCUT2D eigenvalue weighted by Gasteiger charge is 2.34. The SMILES string of the molecule is CCOC(=O)c1ccc2c(c1)C(C)(C)CC(c1ccccc1N)N2. The molecule has 3 N–H and O–H groups in total. The van der Waals surface area contributed by atoms with E-state index in [0.29, 0.717) is 12.2 Å². The van der Waals surface area contributed by atoms with Crippen molar-refractivity contribution >= 4 is 17.3 Å². The van der Waals surface area contributed by atoms with E-state index in [-0.39, 0.29) is 17.4 Å². The predicted molar refractivity (Wildman–Crippen MR) is 97.3 cm³/mol. The topological polar surface area (TPSA) is 64.3 Å². The van der Waals surface area contributed by atoms with Gasteiger partial charge in [0.1, 0.15) is 0 Å². The number of carbonyl (C=O) groups is 1. The van der Waals surface area contributed by atoms with Crippen LogP contribution < -0.4 is 11.1 Å². The summed E-state index contributed by atoms with van der Waals surface area (Å²) < 4.78 is 5.12. The van der Waals surface area contributed by atoms with E-state index < -0.39 is 0 Å². The maximum absolute atomic E-state index is 12.0. The normalized spacial score (nSPS) is 18.4. The molecule has 2 aromatic rings. The molecule has 0 saturated heterocycles. The summed E-state index contributed by atoms with van der Waals surface area (Å²) in [6, 6.07) is 13.9. The van der Waals surface area contributed by atoms with E-state index in [9.17, 15) is 4.79 Å². The van der Waals surface area contributed by atoms with Crippen molar-refractivity contribution in [2.45, 2.75) is 38.6 Å². The zero-order valence-corrected chi connectivity index (χ0v) is 14.4. The molecule has 1 heterocycles. The van der Waals surface area contributed by atoms with Gasteiger partial charge < -0.3 is 15.8 Å². The lowest BCUT2D eigenvalue weighted by molar-refractivity contribution is 0.0526. The molecule has 4 heteroatoms. The Morgan fingerprint density at radius 2 is 2.04 bits per heavy atom. The van der Waals surface area contributed by atoms with E-state index >= 15 is 0 Å². The first-order chi connectivity index (χ1) is 11.4. The van der Waals surface area contributed by atoms with E-state index in [1.807, 2.05) is 43.3 Å². The summed E-state index contributed by atoms with van der Waals surface area (Å²) in [4.78, 5) is 12.0. The van der Waals surface area contributed by atoms with Crippen molar-refractivity contribution in [1.29, 1.82) is 0 Å². The highest BCUT2D eigenvalue weighted by Crippen LogP contribution is 2.45. The molecule has 0 amide bonds. The monoisotopic (exact) mass is 324 g/mol. The number of benzene rings is 2. The number of hydrogen-bond donors (Lipinski definition) is 2. The number of nitrogens with two attached hydrogens (primary N) is 1. The highest BCUT2D eigenvalue weighted by atomic mass is 16.5. The van der Waals surface area contributed by atoms with Gasteiger partial charge in [-0.15, -0.1) is 0 Å². The summed E-state index contributed by atoms with van der Waals surface area (Å²) in [6.45, 7) is 6.60. The summed E-state index contributed by atoms with van der Waals surface area (Å²) in [5, 5.41) is 3.58. The molecule has 0 fully saturated rings. The standard InChI is InChI=1S/C20H24N2O2/c1-4-24-19(23)13-9-10-17-15(11-13)20(2,3)12-18(22-17)14-7-5-6-8-16(14)21/h5-11,18,22H,4,12,21H2,1-3H3. The predicted octanol–water partition coefficient (Wildman–Crippen LogP) is 4.28. The van der Waals surface area contributed by atoms with E-state index in [0.717, 1.165) is 28.9 Å². The number of nitrogen functional groups attached to an aromatic ring is 1. The molecule has 1 aliphatic rings. The molecule has 3 rings (SSSR count). The number of para-hydroxylation sites is 1. The second kappa shape index (κ2) is 6.19. The summed E-state index contributed by atoms with van der Waals surface area (Å²) in [6.07, 6.45) is 0.903. The Morgan fingerprint density at radius 3 is 2.75 bits per heavy atom. The molecule has 4 nitrogen and oxygen atoms in total. The summed E-state index contributed by atoms with van der Waals surface area (Å²) in [5.41, 5.74) is 10.8. The lowest BCUT2D eigenvalue weighted by Crippen LogP contribution is -2.31. The van der Waals surface area contributed by atoms with Crippen LogP contribution in [0.5, 0.6) is 0 Å². The molecule has 0 radical (unpaired) electrons. The minimum atomic E-state index is -0.273. The first kappa shape index (κ1) is 16.4. The number of rotatable bonds is 3. The first-order valence-corrected chi connectivity index (χ1v) is 8.35. The van der Waals surface area contributed by atoms with Crippen LogP contribution in [-0.2, 0) is 10.2 Å². The average Bonchev–Trinajstić information content (AvgIpc) is 2.54. The third kappa shape index (κ3) is 2.96. The molecule has 0 bridgehead atoms. The Labute approximate surface area is 143 Å². The van der Waals surface area contributed by atoms with Crippen LogP contribution in [0, 0.1) is 0 Å². The maximum Gasteiger partial charge on any atom is 0.338 e. The number of fused-ring (bicyclic) bond motifs is 1. The minimum Gasteiger partial charge on any atom is -0.462 e. The van der Waals surface area contributed by atoms with Crippen molar-refractivity contribution in [2.24, 2.45) is 0 Å². The fourth-order valence-corrected chi connectivity index (χ4v) is 3.45. The van der Waals surface area contributed by atoms with E-state index in [1.165, 1.54) is 0 Å². The molecular weight excluding hydrogens is 300 g/mol. The maximum atomic E-state index is 12.0. The number of anilines is 2. The molecule has 1 atom stereocenters. The first-order valence-electron chi connectivity index (χ1n) is 8.35. The van der Waals surface area contributed by atoms with Crippen molar-refractivity contribution in [3.63, 3.8) is 0 Å². The van der Waals surface area contributed by atoms with Gasteiger partial charge in [-0.05, 0) is 54.2 Å². The quantitative estimate of drug-likeness (QED) is 0.653. The fourth-order valence-electron chi connectivity index (χ4n) is 3.45. The van der Waals surface area contributed by atoms with Gasteiger partial charge >= 0.3 is 5.97 Å². The zero-order chi connectivity index (χ0) is 17.3. The average molecular weight is 324 g/mol. The lowest BCUT2D eigenvalue weighted by Gasteiger charge is -2.39. The molecule has 0 aromatic heterocycles. The number of esters is 1. The van der Waals surface area contributed by atoms with E-state index in [4.69, 9.17) is 10.5 Å². The molecule has 0 spiro atoms. The third-order valence-corrected chi connectivity index (χ3v) is 4.68. The van der Waals surface area contributed by atoms with Gasteiger partial charge in [-0.2, -0.15) is 0 Å². The van der Waals surface area contributed by atoms with Gasteiger partial charge in [0.15, 0.2) is 0 Å². The smallest absolute Gasteiger partial charge is 0.338 e. The highest BCUT2D eigenvalue weighted by molar-refractivity contribution is 5.90. The van der Waals surface area contributed by atoms with Crippen LogP contribution in [0.3, 0.4) is 0 Å². The van der Waals surface area contributed by atoms with Crippen molar-refractivity contribution in [2.75, 3.05) is 17.7 Å². The van der Waals surface area contributed by atoms with Gasteiger partial charge in [0.2, 0.25) is 0 Å². The molecule has 24 heavy (non-hydrogen) atoms. The van der Waals surface area contributed by atoms with Crippen molar-refractivity contribution < 1.29 is 9.53 Å². The molecule has 0 saturated carbocycles. The number of carbonyl (C=O) groups excluding carboxylic acids is 1. The second-order valence-electron chi connectivity index (χ2n) is 6.89. The number of hydrogen-bond acceptors (Lipinski definition) is 4. The van der Waals surface area contributed by atoms with Crippen LogP contribution in [0.1, 0.15) is 54.7 Å². The second-order valence-corrected chi connectivity index (χ2v) is 6.89. The van der Waals surface area contributed by atoms with Crippen LogP contribution in [0.4, 0.5) is 11.4 Å². The Morgan fingerprint density at radius 1 is 1.29 bits per heavy atom. The molecule has 1 unspecified atom stereocenters. The van der Waals surface area contributed by atoms with Crippen LogP contribution in [-0.4, -0.2) is 12.6 Å². The molecule has 1 aliphatic heterocycles. The fraction of sp³-hybridized carbons (Fsp3) is 0.350. The Hall–Kier alpha value is -2.49. The summed E-state index contributed by atoms with van der Waals surface area (Å²) >= 11 is 0. The van der Waals surface area contributed by atoms with Gasteiger partial charge in [-0.3, -0.25) is 0 Å². The van der Waals surface area contributed by atoms with Crippen LogP contribution in [0.15, 0.2) is 42.5 Å². The van der Waals surface area contributed by atoms with Gasteiger partial charge in [0.25, 0.3) is 0 Å². The van der Waals surface area contributed by atoms with Crippen LogP contribution in [0.2, 0.25) is 0 Å². The molecule has 0 aliphatic carbocycles. The van der Waals surface area contributed by atoms with E-state index in [2.05, 4.69) is 25.2 Å². The van der Waals surface area contributed by atoms with Crippen LogP contribution >= 0.6 is 0 Å². The largest absolute Gasteiger partial charge is 0.462 e. The molecule has 2 aromatic carbocycles. The number of nitrogens with one attached hydrogen (secondary N) is 1. The molecule has 126 valence electrons. The van der Waals surface area contributed by atoms with Crippen molar-refractivity contribution in [3.8, 4) is 0 Å². The Balaban J connectivity index is 1.97. The number of ether oxygens (including phenoxy) is 1. The summed E-state index contributed by atoms with van der Waals surface area (Å²) in [5.74, 6) is -0.273. The van der Waals surface area contributed by atoms with Gasteiger partial charge in [0.05, 0.1) is 18.2 Å². The van der Waals surface area contributed by atoms with Crippen molar-refractivity contribution in [1.82, 2.24) is 0 Å². The van der Waals surface area contributed by atoms with Crippen molar-refractivity contribution in [3.05, 3.63) is 59.2 Å². The van der Waals surface area contributed by atoms with Gasteiger partial charge in [-0.1, -0.05) is 32.0 Å². The third-order valence-electron chi connectivity index (χ3n) is 4.68. The lowest BCUT2D eigenvalue weighted by atomic mass is 9.73. The Bertz CT molecular complexity index is 768. The Kier molecular flexibility index (Phi) is 4.22. The van der Waals surface area contributed by atoms with Gasteiger partial charge in [-0.25, -0.2) is 4.79 Å². The summed E-state index contributed by atoms with van der Waals surface area (Å²) in [7, 11) is 0. The van der Waals surface area contributed by atoms with Crippen LogP contribution in [0.25, 0.3) is 0 Å². The molecular formula is C20H24N2O2. The van der Waals surface area contributed by atoms with E-state index in [1.54, 1.807) is 0 Å². The zero-order valence-electron chi connectivity index (χ0n) is 14.4. The minimum absolute atomic E-state index is 0.0734.